The molecule has 0 saturated carbocycles. The largest absolute Gasteiger partial charge is 0.488 e. The number of rotatable bonds is 6. The second-order valence-corrected chi connectivity index (χ2v) is 6.48. The smallest absolute Gasteiger partial charge is 0.423 e. The molecule has 3 N–H and O–H groups in total. The quantitative estimate of drug-likeness (QED) is 0.602. The van der Waals surface area contributed by atoms with Crippen LogP contribution in [0.15, 0.2) is 60.7 Å². The van der Waals surface area contributed by atoms with Crippen molar-refractivity contribution in [3.8, 4) is 0 Å². The lowest BCUT2D eigenvalue weighted by Gasteiger charge is -2.16. The first-order chi connectivity index (χ1) is 12.6. The monoisotopic (exact) mass is 345 g/mol. The van der Waals surface area contributed by atoms with Gasteiger partial charge in [0, 0.05) is 13.1 Å². The van der Waals surface area contributed by atoms with Gasteiger partial charge in [-0.05, 0) is 52.3 Å². The standard InChI is InChI=1S/C22H24BNO2/c1-3-8-19-16(2)13-17-9-4-6-11-20(17)21(19)15-24-14-18-10-5-7-12-22(18)23(25)26/h3-13,24-26H,14-15H2,1-2H3/b8-3-. The SMILES string of the molecule is C/C=C\c1c(C)cc2ccccc2c1CNCc1ccccc1B(O)O. The third-order valence-corrected chi connectivity index (χ3v) is 4.69. The van der Waals surface area contributed by atoms with Gasteiger partial charge in [0.05, 0.1) is 0 Å². The van der Waals surface area contributed by atoms with Crippen molar-refractivity contribution in [3.05, 3.63) is 82.9 Å². The Hall–Kier alpha value is -2.40. The van der Waals surface area contributed by atoms with Crippen LogP contribution in [0, 0.1) is 6.92 Å². The molecule has 0 spiro atoms. The molecule has 0 radical (unpaired) electrons. The van der Waals surface area contributed by atoms with Gasteiger partial charge in [0.15, 0.2) is 0 Å². The van der Waals surface area contributed by atoms with Crippen LogP contribution in [0.2, 0.25) is 0 Å². The van der Waals surface area contributed by atoms with E-state index in [1.54, 1.807) is 6.07 Å². The first kappa shape index (κ1) is 18.4. The van der Waals surface area contributed by atoms with E-state index in [1.807, 2.05) is 25.1 Å². The van der Waals surface area contributed by atoms with Crippen molar-refractivity contribution >= 4 is 29.4 Å². The summed E-state index contributed by atoms with van der Waals surface area (Å²) in [5, 5.41) is 25.0. The van der Waals surface area contributed by atoms with Gasteiger partial charge in [-0.1, -0.05) is 66.7 Å². The predicted molar refractivity (Wildman–Crippen MR) is 110 cm³/mol. The lowest BCUT2D eigenvalue weighted by atomic mass is 9.77. The zero-order valence-electron chi connectivity index (χ0n) is 15.2. The van der Waals surface area contributed by atoms with Gasteiger partial charge in [-0.25, -0.2) is 0 Å². The Kier molecular flexibility index (Phi) is 5.89. The highest BCUT2D eigenvalue weighted by molar-refractivity contribution is 6.59. The summed E-state index contributed by atoms with van der Waals surface area (Å²) < 4.78 is 0. The Morgan fingerprint density at radius 3 is 2.50 bits per heavy atom. The van der Waals surface area contributed by atoms with Crippen molar-refractivity contribution in [2.24, 2.45) is 0 Å². The topological polar surface area (TPSA) is 52.5 Å². The summed E-state index contributed by atoms with van der Waals surface area (Å²) >= 11 is 0. The number of nitrogens with one attached hydrogen (secondary N) is 1. The average molecular weight is 345 g/mol. The van der Waals surface area contributed by atoms with Crippen LogP contribution in [0.5, 0.6) is 0 Å². The van der Waals surface area contributed by atoms with E-state index in [4.69, 9.17) is 0 Å². The second-order valence-electron chi connectivity index (χ2n) is 6.48. The van der Waals surface area contributed by atoms with E-state index < -0.39 is 7.12 Å². The summed E-state index contributed by atoms with van der Waals surface area (Å²) in [5.74, 6) is 0. The molecule has 26 heavy (non-hydrogen) atoms. The molecule has 3 aromatic rings. The van der Waals surface area contributed by atoms with Crippen LogP contribution in [0.1, 0.15) is 29.2 Å². The minimum absolute atomic E-state index is 0.544. The molecular weight excluding hydrogens is 321 g/mol. The molecular formula is C22H24BNO2. The van der Waals surface area contributed by atoms with Crippen LogP contribution in [-0.4, -0.2) is 17.2 Å². The van der Waals surface area contributed by atoms with E-state index >= 15 is 0 Å². The predicted octanol–water partition coefficient (Wildman–Crippen LogP) is 3.15. The van der Waals surface area contributed by atoms with Gasteiger partial charge in [-0.2, -0.15) is 0 Å². The molecule has 0 bridgehead atoms. The van der Waals surface area contributed by atoms with Gasteiger partial charge in [-0.15, -0.1) is 0 Å². The van der Waals surface area contributed by atoms with Crippen molar-refractivity contribution in [2.75, 3.05) is 0 Å². The van der Waals surface area contributed by atoms with Crippen LogP contribution in [0.3, 0.4) is 0 Å². The zero-order chi connectivity index (χ0) is 18.5. The Morgan fingerprint density at radius 2 is 1.73 bits per heavy atom. The highest BCUT2D eigenvalue weighted by atomic mass is 16.4. The maximum absolute atomic E-state index is 9.53. The number of fused-ring (bicyclic) bond motifs is 1. The number of allylic oxidation sites excluding steroid dienone is 1. The molecule has 0 unspecified atom stereocenters. The second kappa shape index (κ2) is 8.32. The Morgan fingerprint density at radius 1 is 1.00 bits per heavy atom. The van der Waals surface area contributed by atoms with E-state index in [0.717, 1.165) is 5.56 Å². The molecule has 132 valence electrons. The van der Waals surface area contributed by atoms with Crippen molar-refractivity contribution in [1.29, 1.82) is 0 Å². The van der Waals surface area contributed by atoms with Gasteiger partial charge < -0.3 is 15.4 Å². The molecule has 0 saturated heterocycles. The van der Waals surface area contributed by atoms with Crippen molar-refractivity contribution in [2.45, 2.75) is 26.9 Å². The van der Waals surface area contributed by atoms with Gasteiger partial charge in [-0.3, -0.25) is 0 Å². The summed E-state index contributed by atoms with van der Waals surface area (Å²) in [5.41, 5.74) is 5.20. The number of hydrogen-bond acceptors (Lipinski definition) is 3. The molecule has 3 nitrogen and oxygen atoms in total. The minimum Gasteiger partial charge on any atom is -0.423 e. The fourth-order valence-electron chi connectivity index (χ4n) is 3.45. The Labute approximate surface area is 155 Å². The summed E-state index contributed by atoms with van der Waals surface area (Å²) in [6, 6.07) is 18.0. The Balaban J connectivity index is 1.90. The van der Waals surface area contributed by atoms with Crippen LogP contribution < -0.4 is 10.8 Å². The maximum Gasteiger partial charge on any atom is 0.488 e. The van der Waals surface area contributed by atoms with E-state index in [0.29, 0.717) is 18.6 Å². The van der Waals surface area contributed by atoms with Crippen molar-refractivity contribution in [1.82, 2.24) is 5.32 Å². The highest BCUT2D eigenvalue weighted by Gasteiger charge is 2.15. The summed E-state index contributed by atoms with van der Waals surface area (Å²) in [7, 11) is -1.45. The Bertz CT molecular complexity index is 935. The number of aryl methyl sites for hydroxylation is 1. The van der Waals surface area contributed by atoms with Crippen molar-refractivity contribution < 1.29 is 10.0 Å². The zero-order valence-corrected chi connectivity index (χ0v) is 15.2. The molecule has 0 atom stereocenters. The van der Waals surface area contributed by atoms with Crippen LogP contribution in [0.4, 0.5) is 0 Å². The van der Waals surface area contributed by atoms with E-state index in [-0.39, 0.29) is 0 Å². The molecule has 0 aliphatic rings. The highest BCUT2D eigenvalue weighted by Crippen LogP contribution is 2.27. The lowest BCUT2D eigenvalue weighted by Crippen LogP contribution is -2.34. The van der Waals surface area contributed by atoms with E-state index in [2.05, 4.69) is 54.7 Å². The summed E-state index contributed by atoms with van der Waals surface area (Å²) in [4.78, 5) is 0. The number of benzene rings is 3. The average Bonchev–Trinajstić information content (AvgIpc) is 2.64. The third-order valence-electron chi connectivity index (χ3n) is 4.69. The minimum atomic E-state index is -1.45. The molecule has 4 heteroatoms. The summed E-state index contributed by atoms with van der Waals surface area (Å²) in [6.07, 6.45) is 4.22. The van der Waals surface area contributed by atoms with Crippen molar-refractivity contribution in [3.63, 3.8) is 0 Å². The van der Waals surface area contributed by atoms with Gasteiger partial charge >= 0.3 is 7.12 Å². The number of hydrogen-bond donors (Lipinski definition) is 3. The molecule has 0 aliphatic carbocycles. The third kappa shape index (κ3) is 3.88. The van der Waals surface area contributed by atoms with Gasteiger partial charge in [0.2, 0.25) is 0 Å². The summed E-state index contributed by atoms with van der Waals surface area (Å²) in [6.45, 7) is 5.45. The molecule has 0 amide bonds. The molecule has 3 rings (SSSR count). The van der Waals surface area contributed by atoms with Crippen LogP contribution in [0.25, 0.3) is 16.8 Å². The molecule has 3 aromatic carbocycles. The van der Waals surface area contributed by atoms with Gasteiger partial charge in [0.25, 0.3) is 0 Å². The lowest BCUT2D eigenvalue weighted by molar-refractivity contribution is 0.425. The maximum atomic E-state index is 9.53. The molecule has 0 heterocycles. The van der Waals surface area contributed by atoms with E-state index in [9.17, 15) is 10.0 Å². The fourth-order valence-corrected chi connectivity index (χ4v) is 3.45. The van der Waals surface area contributed by atoms with Gasteiger partial charge in [0.1, 0.15) is 0 Å². The van der Waals surface area contributed by atoms with E-state index in [1.165, 1.54) is 27.5 Å². The normalized spacial score (nSPS) is 11.4. The first-order valence-electron chi connectivity index (χ1n) is 8.90. The molecule has 0 aliphatic heterocycles. The van der Waals surface area contributed by atoms with Crippen LogP contribution >= 0.6 is 0 Å². The van der Waals surface area contributed by atoms with Crippen LogP contribution in [-0.2, 0) is 13.1 Å². The fraction of sp³-hybridized carbons (Fsp3) is 0.182. The molecule has 0 fully saturated rings. The first-order valence-corrected chi connectivity index (χ1v) is 8.90. The molecule has 0 aromatic heterocycles.